The molecule has 75 heavy (non-hydrogen) atoms. The Morgan fingerprint density at radius 1 is 0.653 bits per heavy atom. The van der Waals surface area contributed by atoms with E-state index >= 15 is 0 Å². The molecule has 1 atom stereocenters. The number of ether oxygens (including phenoxy) is 5. The summed E-state index contributed by atoms with van der Waals surface area (Å²) in [6.07, 6.45) is 2.12. The van der Waals surface area contributed by atoms with E-state index in [2.05, 4.69) is 9.99 Å². The van der Waals surface area contributed by atoms with Gasteiger partial charge < -0.3 is 59.2 Å². The van der Waals surface area contributed by atoms with Crippen LogP contribution in [0.4, 0.5) is 0 Å². The Bertz CT molecular complexity index is 2640. The quantitative estimate of drug-likeness (QED) is 0.0165. The molecule has 0 aliphatic rings. The topological polar surface area (TPSA) is 225 Å². The number of hydrogen-bond donors (Lipinski definition) is 5. The van der Waals surface area contributed by atoms with Crippen molar-refractivity contribution >= 4 is 35.0 Å². The molecule has 0 radical (unpaired) electrons. The molecule has 15 nitrogen and oxygen atoms in total. The van der Waals surface area contributed by atoms with E-state index in [1.54, 1.807) is 14.0 Å². The molecule has 0 amide bonds. The van der Waals surface area contributed by atoms with E-state index < -0.39 is 5.97 Å². The lowest BCUT2D eigenvalue weighted by molar-refractivity contribution is -0.144. The minimum absolute atomic E-state index is 0.0129. The Balaban J connectivity index is 0.000000468. The first kappa shape index (κ1) is 63.0. The van der Waals surface area contributed by atoms with Gasteiger partial charge in [-0.2, -0.15) is 5.90 Å². The number of benzene rings is 6. The van der Waals surface area contributed by atoms with Gasteiger partial charge in [-0.25, -0.2) is 0 Å². The zero-order chi connectivity index (χ0) is 55.4. The molecule has 1 unspecified atom stereocenters. The van der Waals surface area contributed by atoms with E-state index in [4.69, 9.17) is 55.5 Å². The number of aliphatic hydroxyl groups excluding tert-OH is 2. The molecule has 6 aromatic carbocycles. The minimum atomic E-state index is -0.433. The highest BCUT2D eigenvalue weighted by Gasteiger charge is 2.16. The summed E-state index contributed by atoms with van der Waals surface area (Å²) in [4.78, 5) is 31.5. The summed E-state index contributed by atoms with van der Waals surface area (Å²) in [5, 5.41) is 34.5. The predicted molar refractivity (Wildman–Crippen MR) is 297 cm³/mol. The number of aliphatic hydroxyl groups is 2. The number of hydrogen-bond acceptors (Lipinski definition) is 15. The van der Waals surface area contributed by atoms with E-state index in [1.165, 1.54) is 7.11 Å². The Labute approximate surface area is 442 Å². The smallest absolute Gasteiger partial charge is 0.325 e. The molecule has 0 fully saturated rings. The maximum Gasteiger partial charge on any atom is 0.325 e. The second-order valence-corrected chi connectivity index (χ2v) is 15.8. The van der Waals surface area contributed by atoms with Crippen LogP contribution in [-0.2, 0) is 43.6 Å². The maximum atomic E-state index is 11.3. The van der Waals surface area contributed by atoms with Crippen molar-refractivity contribution in [3.8, 4) is 23.0 Å². The van der Waals surface area contributed by atoms with Gasteiger partial charge in [-0.3, -0.25) is 4.79 Å². The molecule has 400 valence electrons. The van der Waals surface area contributed by atoms with Crippen LogP contribution in [0, 0.1) is 10.8 Å². The average Bonchev–Trinajstić information content (AvgIpc) is 3.46. The number of aldehydes is 1. The van der Waals surface area contributed by atoms with Crippen LogP contribution < -0.4 is 24.8 Å². The third kappa shape index (κ3) is 22.3. The fraction of sp³-hybridized carbons (Fsp3) is 0.283. The molecule has 6 aromatic rings. The zero-order valence-corrected chi connectivity index (χ0v) is 44.6. The molecule has 6 N–H and O–H groups in total. The Morgan fingerprint density at radius 2 is 1.13 bits per heavy atom. The van der Waals surface area contributed by atoms with Crippen molar-refractivity contribution in [1.29, 1.82) is 10.8 Å². The first-order chi connectivity index (χ1) is 36.5. The maximum absolute atomic E-state index is 11.3. The summed E-state index contributed by atoms with van der Waals surface area (Å²) in [5.41, 5.74) is 8.82. The molecular formula is C60H74N4O11. The standard InChI is InChI=1S/C30H32N2O4.C26H28N2O5.C2H6.2CH4O/c1-21(31)30(22(2)34-3)28-18-27(16-13-24(28)10-7-17-33)35-19-23-11-14-26(15-12-23)36-20-29(32)25-8-5-4-6-9-25;1-19(16-26(29)33-27)21-10-14-24(15-11-21)31-17-20-8-12-23(13-9-20)32-18-25(28-30-2)22-6-4-3-5-7-22;3*1-2/h4-6,8-9,11-18,31-32H,7,10,19-20H2,1-3H3;3-15,19H,16-18,27H2,1-2H3;1-2H3;2*2H,1H3/b30-22+,31-21?,32-29?;28-25+;;;. The number of methoxy groups -OCH3 is 1. The first-order valence-electron chi connectivity index (χ1n) is 24.2. The predicted octanol–water partition coefficient (Wildman–Crippen LogP) is 11.1. The highest BCUT2D eigenvalue weighted by molar-refractivity contribution is 6.22. The van der Waals surface area contributed by atoms with Crippen molar-refractivity contribution in [3.63, 3.8) is 0 Å². The van der Waals surface area contributed by atoms with Crippen molar-refractivity contribution in [1.82, 2.24) is 0 Å². The number of rotatable bonds is 24. The SMILES string of the molecule is CC.CO.CO.CO/C(C)=C(\C(C)=N)c1cc(OCc2ccc(OCC(=N)c3ccccc3)cc2)ccc1CCC=O.CO/N=C(\COc1ccc(COc2ccc(C(C)CC(=O)ON)cc2)cc1)c1ccccc1. The van der Waals surface area contributed by atoms with Gasteiger partial charge in [0.05, 0.1) is 19.2 Å². The van der Waals surface area contributed by atoms with Crippen molar-refractivity contribution in [2.45, 2.75) is 73.0 Å². The van der Waals surface area contributed by atoms with Crippen molar-refractivity contribution in [2.24, 2.45) is 11.1 Å². The molecule has 0 saturated heterocycles. The van der Waals surface area contributed by atoms with Gasteiger partial charge in [-0.05, 0) is 108 Å². The van der Waals surface area contributed by atoms with Crippen LogP contribution in [0.15, 0.2) is 163 Å². The molecule has 0 aromatic heterocycles. The number of nitrogens with two attached hydrogens (primary N) is 1. The second-order valence-electron chi connectivity index (χ2n) is 15.8. The van der Waals surface area contributed by atoms with E-state index in [0.29, 0.717) is 72.6 Å². The first-order valence-corrected chi connectivity index (χ1v) is 24.2. The van der Waals surface area contributed by atoms with Gasteiger partial charge in [0.25, 0.3) is 0 Å². The van der Waals surface area contributed by atoms with E-state index in [1.807, 2.05) is 179 Å². The summed E-state index contributed by atoms with van der Waals surface area (Å²) in [6, 6.07) is 48.0. The normalized spacial score (nSPS) is 11.0. The highest BCUT2D eigenvalue weighted by atomic mass is 16.7. The van der Waals surface area contributed by atoms with Gasteiger partial charge in [-0.1, -0.05) is 129 Å². The highest BCUT2D eigenvalue weighted by Crippen LogP contribution is 2.30. The van der Waals surface area contributed by atoms with Gasteiger partial charge in [0.1, 0.15) is 74.3 Å². The summed E-state index contributed by atoms with van der Waals surface area (Å²) in [6.45, 7) is 10.8. The van der Waals surface area contributed by atoms with Crippen LogP contribution in [-0.4, -0.2) is 81.3 Å². The largest absolute Gasteiger partial charge is 0.501 e. The molecule has 0 heterocycles. The van der Waals surface area contributed by atoms with Crippen LogP contribution in [0.2, 0.25) is 0 Å². The van der Waals surface area contributed by atoms with Crippen molar-refractivity contribution in [2.75, 3.05) is 41.7 Å². The molecule has 0 aliphatic heterocycles. The average molecular weight is 1030 g/mol. The van der Waals surface area contributed by atoms with Gasteiger partial charge >= 0.3 is 5.97 Å². The number of aryl methyl sites for hydroxylation is 1. The summed E-state index contributed by atoms with van der Waals surface area (Å²) < 4.78 is 29.0. The monoisotopic (exact) mass is 1030 g/mol. The molecule has 0 aliphatic carbocycles. The third-order valence-electron chi connectivity index (χ3n) is 10.8. The molecule has 0 saturated carbocycles. The van der Waals surface area contributed by atoms with Gasteiger partial charge in [0, 0.05) is 37.5 Å². The van der Waals surface area contributed by atoms with Crippen LogP contribution in [0.5, 0.6) is 23.0 Å². The van der Waals surface area contributed by atoms with Crippen LogP contribution in [0.25, 0.3) is 5.57 Å². The van der Waals surface area contributed by atoms with Gasteiger partial charge in [0.2, 0.25) is 0 Å². The van der Waals surface area contributed by atoms with Crippen molar-refractivity contribution < 1.29 is 53.2 Å². The van der Waals surface area contributed by atoms with Crippen molar-refractivity contribution in [3.05, 3.63) is 196 Å². The lowest BCUT2D eigenvalue weighted by Gasteiger charge is -2.17. The Morgan fingerprint density at radius 3 is 1.63 bits per heavy atom. The minimum Gasteiger partial charge on any atom is -0.501 e. The van der Waals surface area contributed by atoms with Crippen LogP contribution >= 0.6 is 0 Å². The second kappa shape index (κ2) is 36.7. The van der Waals surface area contributed by atoms with Gasteiger partial charge in [-0.15, -0.1) is 0 Å². The van der Waals surface area contributed by atoms with Crippen LogP contribution in [0.1, 0.15) is 92.3 Å². The van der Waals surface area contributed by atoms with E-state index in [-0.39, 0.29) is 18.9 Å². The number of carbonyl (C=O) groups excluding carboxylic acids is 2. The van der Waals surface area contributed by atoms with E-state index in [0.717, 1.165) is 70.9 Å². The lowest BCUT2D eigenvalue weighted by atomic mass is 9.93. The number of oxime groups is 1. The lowest BCUT2D eigenvalue weighted by Crippen LogP contribution is -2.13. The molecule has 0 spiro atoms. The summed E-state index contributed by atoms with van der Waals surface area (Å²) in [7, 11) is 5.10. The van der Waals surface area contributed by atoms with Crippen LogP contribution in [0.3, 0.4) is 0 Å². The Kier molecular flexibility index (Phi) is 30.9. The Hall–Kier alpha value is -8.11. The summed E-state index contributed by atoms with van der Waals surface area (Å²) in [5.74, 6) is 7.96. The third-order valence-corrected chi connectivity index (χ3v) is 10.8. The fourth-order valence-corrected chi connectivity index (χ4v) is 7.01. The molecule has 15 heteroatoms. The zero-order valence-electron chi connectivity index (χ0n) is 44.6. The summed E-state index contributed by atoms with van der Waals surface area (Å²) >= 11 is 0. The van der Waals surface area contributed by atoms with Gasteiger partial charge in [0.15, 0.2) is 0 Å². The molecule has 0 bridgehead atoms. The number of allylic oxidation sites excluding steroid dienone is 2. The van der Waals surface area contributed by atoms with E-state index in [9.17, 15) is 9.59 Å². The number of nitrogens with one attached hydrogen (secondary N) is 2. The number of carbonyl (C=O) groups is 2. The molecular weight excluding hydrogens is 953 g/mol. The molecule has 6 rings (SSSR count). The number of nitrogens with zero attached hydrogens (tertiary/aromatic N) is 1. The fourth-order valence-electron chi connectivity index (χ4n) is 7.01.